The van der Waals surface area contributed by atoms with Crippen molar-refractivity contribution in [1.82, 2.24) is 4.98 Å². The summed E-state index contributed by atoms with van der Waals surface area (Å²) in [6, 6.07) is 13.7. The first-order valence-corrected chi connectivity index (χ1v) is 7.03. The third kappa shape index (κ3) is 3.56. The number of hydrogen-bond acceptors (Lipinski definition) is 3. The summed E-state index contributed by atoms with van der Waals surface area (Å²) in [5, 5.41) is 9.14. The lowest BCUT2D eigenvalue weighted by Gasteiger charge is -2.12. The van der Waals surface area contributed by atoms with E-state index in [9.17, 15) is 0 Å². The molecule has 1 unspecified atom stereocenters. The van der Waals surface area contributed by atoms with Crippen molar-refractivity contribution < 1.29 is 0 Å². The number of aromatic nitrogens is 1. The number of rotatable bonds is 5. The van der Waals surface area contributed by atoms with Gasteiger partial charge in [-0.15, -0.1) is 0 Å². The number of nitrogens with two attached hydrogens (primary N) is 1. The lowest BCUT2D eigenvalue weighted by atomic mass is 9.99. The summed E-state index contributed by atoms with van der Waals surface area (Å²) in [4.78, 5) is 4.46. The standard InChI is InChI=1S/C18H19N3/c1-3-17(20)13(2)10-14-8-9-18(21-12-14)16-7-5-4-6-15(16)11-19/h4-9,12,17H,2-3,10,20H2,1H3. The molecular formula is C18H19N3. The first kappa shape index (κ1) is 15.0. The second-order valence-electron chi connectivity index (χ2n) is 5.06. The highest BCUT2D eigenvalue weighted by Gasteiger charge is 2.08. The van der Waals surface area contributed by atoms with Gasteiger partial charge in [-0.3, -0.25) is 4.98 Å². The SMILES string of the molecule is C=C(Cc1ccc(-c2ccccc2C#N)nc1)C(N)CC. The van der Waals surface area contributed by atoms with E-state index in [0.717, 1.165) is 35.2 Å². The van der Waals surface area contributed by atoms with Crippen molar-refractivity contribution >= 4 is 0 Å². The molecule has 1 aromatic carbocycles. The van der Waals surface area contributed by atoms with Gasteiger partial charge in [0.1, 0.15) is 0 Å². The number of benzene rings is 1. The molecule has 0 spiro atoms. The lowest BCUT2D eigenvalue weighted by molar-refractivity contribution is 0.722. The molecule has 106 valence electrons. The minimum absolute atomic E-state index is 0.0315. The highest BCUT2D eigenvalue weighted by molar-refractivity contribution is 5.67. The van der Waals surface area contributed by atoms with Crippen molar-refractivity contribution in [3.05, 3.63) is 65.9 Å². The molecule has 1 atom stereocenters. The first-order valence-electron chi connectivity index (χ1n) is 7.03. The van der Waals surface area contributed by atoms with Crippen LogP contribution in [0.1, 0.15) is 24.5 Å². The Hall–Kier alpha value is -2.44. The summed E-state index contributed by atoms with van der Waals surface area (Å²) in [6.07, 6.45) is 3.46. The zero-order valence-electron chi connectivity index (χ0n) is 12.2. The Morgan fingerprint density at radius 1 is 1.33 bits per heavy atom. The average Bonchev–Trinajstić information content (AvgIpc) is 2.54. The van der Waals surface area contributed by atoms with Crippen LogP contribution < -0.4 is 5.73 Å². The monoisotopic (exact) mass is 277 g/mol. The molecule has 0 aliphatic heterocycles. The van der Waals surface area contributed by atoms with Crippen LogP contribution in [0.4, 0.5) is 0 Å². The van der Waals surface area contributed by atoms with Gasteiger partial charge in [0.15, 0.2) is 0 Å². The van der Waals surface area contributed by atoms with Crippen LogP contribution in [0.2, 0.25) is 0 Å². The smallest absolute Gasteiger partial charge is 0.0998 e. The molecule has 0 fully saturated rings. The normalized spacial score (nSPS) is 11.7. The van der Waals surface area contributed by atoms with E-state index in [4.69, 9.17) is 11.0 Å². The minimum atomic E-state index is 0.0315. The molecule has 0 amide bonds. The predicted octanol–water partition coefficient (Wildman–Crippen LogP) is 3.46. The van der Waals surface area contributed by atoms with Crippen molar-refractivity contribution in [2.45, 2.75) is 25.8 Å². The zero-order valence-corrected chi connectivity index (χ0v) is 12.2. The number of pyridine rings is 1. The Kier molecular flexibility index (Phi) is 4.86. The van der Waals surface area contributed by atoms with Gasteiger partial charge in [-0.2, -0.15) is 5.26 Å². The molecule has 3 nitrogen and oxygen atoms in total. The van der Waals surface area contributed by atoms with Crippen LogP contribution in [0, 0.1) is 11.3 Å². The maximum absolute atomic E-state index is 9.14. The van der Waals surface area contributed by atoms with Gasteiger partial charge in [0.2, 0.25) is 0 Å². The molecule has 1 aromatic heterocycles. The third-order valence-electron chi connectivity index (χ3n) is 3.54. The fraction of sp³-hybridized carbons (Fsp3) is 0.222. The van der Waals surface area contributed by atoms with Gasteiger partial charge in [-0.25, -0.2) is 0 Å². The fourth-order valence-electron chi connectivity index (χ4n) is 2.17. The molecule has 21 heavy (non-hydrogen) atoms. The highest BCUT2D eigenvalue weighted by atomic mass is 14.7. The minimum Gasteiger partial charge on any atom is -0.324 e. The Bertz CT molecular complexity index is 666. The van der Waals surface area contributed by atoms with Crippen molar-refractivity contribution in [1.29, 1.82) is 5.26 Å². The van der Waals surface area contributed by atoms with Gasteiger partial charge in [0.05, 0.1) is 17.3 Å². The van der Waals surface area contributed by atoms with Crippen molar-refractivity contribution in [2.24, 2.45) is 5.73 Å². The van der Waals surface area contributed by atoms with E-state index in [1.54, 1.807) is 6.07 Å². The summed E-state index contributed by atoms with van der Waals surface area (Å²) >= 11 is 0. The van der Waals surface area contributed by atoms with Crippen LogP contribution in [0.3, 0.4) is 0 Å². The average molecular weight is 277 g/mol. The summed E-state index contributed by atoms with van der Waals surface area (Å²) < 4.78 is 0. The fourth-order valence-corrected chi connectivity index (χ4v) is 2.17. The van der Waals surface area contributed by atoms with Crippen molar-refractivity contribution in [3.8, 4) is 17.3 Å². The van der Waals surface area contributed by atoms with E-state index in [0.29, 0.717) is 5.56 Å². The van der Waals surface area contributed by atoms with E-state index in [-0.39, 0.29) is 6.04 Å². The van der Waals surface area contributed by atoms with Gasteiger partial charge in [0.25, 0.3) is 0 Å². The van der Waals surface area contributed by atoms with Gasteiger partial charge >= 0.3 is 0 Å². The molecule has 0 radical (unpaired) electrons. The van der Waals surface area contributed by atoms with Gasteiger partial charge in [0, 0.05) is 17.8 Å². The largest absolute Gasteiger partial charge is 0.324 e. The van der Waals surface area contributed by atoms with Gasteiger partial charge < -0.3 is 5.73 Å². The number of nitriles is 1. The maximum Gasteiger partial charge on any atom is 0.0998 e. The first-order chi connectivity index (χ1) is 10.2. The maximum atomic E-state index is 9.14. The van der Waals surface area contributed by atoms with Crippen molar-refractivity contribution in [3.63, 3.8) is 0 Å². The van der Waals surface area contributed by atoms with E-state index in [1.165, 1.54) is 0 Å². The van der Waals surface area contributed by atoms with Gasteiger partial charge in [-0.05, 0) is 30.5 Å². The number of nitrogens with zero attached hydrogens (tertiary/aromatic N) is 2. The number of hydrogen-bond donors (Lipinski definition) is 1. The lowest BCUT2D eigenvalue weighted by Crippen LogP contribution is -2.21. The summed E-state index contributed by atoms with van der Waals surface area (Å²) in [6.45, 7) is 6.08. The molecule has 0 aliphatic carbocycles. The predicted molar refractivity (Wildman–Crippen MR) is 85.5 cm³/mol. The summed E-state index contributed by atoms with van der Waals surface area (Å²) in [7, 11) is 0. The zero-order chi connectivity index (χ0) is 15.2. The topological polar surface area (TPSA) is 62.7 Å². The van der Waals surface area contributed by atoms with Crippen LogP contribution >= 0.6 is 0 Å². The Morgan fingerprint density at radius 3 is 2.71 bits per heavy atom. The quantitative estimate of drug-likeness (QED) is 0.851. The second-order valence-corrected chi connectivity index (χ2v) is 5.06. The molecule has 0 saturated carbocycles. The molecule has 1 heterocycles. The Morgan fingerprint density at radius 2 is 2.10 bits per heavy atom. The molecule has 0 bridgehead atoms. The molecule has 2 aromatic rings. The van der Waals surface area contributed by atoms with E-state index >= 15 is 0 Å². The van der Waals surface area contributed by atoms with Crippen LogP contribution in [0.5, 0.6) is 0 Å². The molecule has 3 heteroatoms. The molecule has 2 rings (SSSR count). The highest BCUT2D eigenvalue weighted by Crippen LogP contribution is 2.21. The Labute approximate surface area is 125 Å². The van der Waals surface area contributed by atoms with E-state index < -0.39 is 0 Å². The molecular weight excluding hydrogens is 258 g/mol. The summed E-state index contributed by atoms with van der Waals surface area (Å²) in [5.74, 6) is 0. The van der Waals surface area contributed by atoms with Gasteiger partial charge in [-0.1, -0.05) is 43.3 Å². The second kappa shape index (κ2) is 6.83. The van der Waals surface area contributed by atoms with Crippen LogP contribution in [-0.2, 0) is 6.42 Å². The van der Waals surface area contributed by atoms with E-state index in [1.807, 2.05) is 36.5 Å². The molecule has 0 aliphatic rings. The third-order valence-corrected chi connectivity index (χ3v) is 3.54. The van der Waals surface area contributed by atoms with E-state index in [2.05, 4.69) is 24.6 Å². The Balaban J connectivity index is 2.20. The van der Waals surface area contributed by atoms with Crippen LogP contribution in [0.25, 0.3) is 11.3 Å². The van der Waals surface area contributed by atoms with Crippen molar-refractivity contribution in [2.75, 3.05) is 0 Å². The van der Waals surface area contributed by atoms with Crippen LogP contribution in [-0.4, -0.2) is 11.0 Å². The summed E-state index contributed by atoms with van der Waals surface area (Å²) in [5.41, 5.74) is 10.4. The molecule has 0 saturated heterocycles. The van der Waals surface area contributed by atoms with Crippen LogP contribution in [0.15, 0.2) is 54.7 Å². The molecule has 2 N–H and O–H groups in total.